The van der Waals surface area contributed by atoms with Crippen molar-refractivity contribution in [3.8, 4) is 11.3 Å². The van der Waals surface area contributed by atoms with Crippen molar-refractivity contribution in [2.45, 2.75) is 19.8 Å². The molecule has 1 aromatic carbocycles. The second kappa shape index (κ2) is 6.48. The summed E-state index contributed by atoms with van der Waals surface area (Å²) in [6.07, 6.45) is 4.14. The standard InChI is InChI=1S/C20H21N3OS/c1-14-8-9-17(22(14)2)15-6-5-7-16(12-15)19(24)18-13-21-20(25-18)23-10-3-4-11-23/h5-9,12-13H,3-4,10-11H2,1-2H3. The van der Waals surface area contributed by atoms with Gasteiger partial charge in [0, 0.05) is 37.1 Å². The highest BCUT2D eigenvalue weighted by Gasteiger charge is 2.19. The molecule has 0 atom stereocenters. The van der Waals surface area contributed by atoms with Crippen LogP contribution in [0.4, 0.5) is 5.13 Å². The summed E-state index contributed by atoms with van der Waals surface area (Å²) in [4.78, 5) is 20.3. The second-order valence-corrected chi connectivity index (χ2v) is 7.54. The molecular weight excluding hydrogens is 330 g/mol. The molecule has 0 bridgehead atoms. The molecule has 3 aromatic rings. The Morgan fingerprint density at radius 2 is 1.96 bits per heavy atom. The smallest absolute Gasteiger partial charge is 0.204 e. The molecule has 1 aliphatic heterocycles. The van der Waals surface area contributed by atoms with Gasteiger partial charge in [-0.1, -0.05) is 29.5 Å². The molecule has 5 heteroatoms. The van der Waals surface area contributed by atoms with Gasteiger partial charge in [0.25, 0.3) is 0 Å². The number of thiazole rings is 1. The lowest BCUT2D eigenvalue weighted by molar-refractivity contribution is 0.104. The lowest BCUT2D eigenvalue weighted by Crippen LogP contribution is -2.16. The van der Waals surface area contributed by atoms with E-state index in [0.717, 1.165) is 29.5 Å². The number of nitrogens with zero attached hydrogens (tertiary/aromatic N) is 3. The molecule has 0 spiro atoms. The average Bonchev–Trinajstić information content (AvgIpc) is 3.36. The Labute approximate surface area is 151 Å². The van der Waals surface area contributed by atoms with Gasteiger partial charge in [0.2, 0.25) is 5.78 Å². The summed E-state index contributed by atoms with van der Waals surface area (Å²) in [6.45, 7) is 4.17. The predicted octanol–water partition coefficient (Wildman–Crippen LogP) is 4.29. The van der Waals surface area contributed by atoms with E-state index in [2.05, 4.69) is 33.5 Å². The van der Waals surface area contributed by atoms with E-state index in [1.54, 1.807) is 6.20 Å². The van der Waals surface area contributed by atoms with E-state index < -0.39 is 0 Å². The molecule has 0 radical (unpaired) electrons. The van der Waals surface area contributed by atoms with Gasteiger partial charge in [0.05, 0.1) is 11.1 Å². The number of ketones is 1. The van der Waals surface area contributed by atoms with E-state index in [1.165, 1.54) is 29.9 Å². The highest BCUT2D eigenvalue weighted by atomic mass is 32.1. The fourth-order valence-corrected chi connectivity index (χ4v) is 4.22. The van der Waals surface area contributed by atoms with Crippen molar-refractivity contribution in [1.82, 2.24) is 9.55 Å². The Morgan fingerprint density at radius 1 is 1.16 bits per heavy atom. The number of aromatic nitrogens is 2. The molecule has 0 aliphatic carbocycles. The van der Waals surface area contributed by atoms with Gasteiger partial charge < -0.3 is 9.47 Å². The van der Waals surface area contributed by atoms with Crippen LogP contribution in [0.25, 0.3) is 11.3 Å². The molecule has 3 heterocycles. The third-order valence-corrected chi connectivity index (χ3v) is 5.94. The number of rotatable bonds is 4. The van der Waals surface area contributed by atoms with Gasteiger partial charge in [-0.25, -0.2) is 4.98 Å². The van der Waals surface area contributed by atoms with Crippen LogP contribution in [-0.4, -0.2) is 28.4 Å². The van der Waals surface area contributed by atoms with Gasteiger partial charge in [0.1, 0.15) is 0 Å². The van der Waals surface area contributed by atoms with E-state index in [4.69, 9.17) is 0 Å². The molecule has 2 aromatic heterocycles. The van der Waals surface area contributed by atoms with Crippen LogP contribution >= 0.6 is 11.3 Å². The first-order chi connectivity index (χ1) is 12.1. The summed E-state index contributed by atoms with van der Waals surface area (Å²) in [7, 11) is 2.05. The first-order valence-corrected chi connectivity index (χ1v) is 9.43. The zero-order valence-corrected chi connectivity index (χ0v) is 15.3. The van der Waals surface area contributed by atoms with Crippen molar-refractivity contribution >= 4 is 22.3 Å². The highest BCUT2D eigenvalue weighted by Crippen LogP contribution is 2.28. The van der Waals surface area contributed by atoms with Crippen molar-refractivity contribution in [3.05, 3.63) is 58.7 Å². The number of hydrogen-bond donors (Lipinski definition) is 0. The summed E-state index contributed by atoms with van der Waals surface area (Å²) < 4.78 is 2.14. The van der Waals surface area contributed by atoms with Crippen molar-refractivity contribution in [1.29, 1.82) is 0 Å². The van der Waals surface area contributed by atoms with Crippen LogP contribution in [0.5, 0.6) is 0 Å². The largest absolute Gasteiger partial charge is 0.348 e. The fourth-order valence-electron chi connectivity index (χ4n) is 3.29. The number of carbonyl (C=O) groups is 1. The molecule has 128 valence electrons. The number of aryl methyl sites for hydroxylation is 1. The van der Waals surface area contributed by atoms with Gasteiger partial charge in [-0.15, -0.1) is 0 Å². The van der Waals surface area contributed by atoms with Crippen LogP contribution in [0.2, 0.25) is 0 Å². The van der Waals surface area contributed by atoms with Crippen molar-refractivity contribution in [2.75, 3.05) is 18.0 Å². The topological polar surface area (TPSA) is 38.1 Å². The van der Waals surface area contributed by atoms with Crippen LogP contribution in [0.15, 0.2) is 42.6 Å². The monoisotopic (exact) mass is 351 g/mol. The molecule has 0 amide bonds. The lowest BCUT2D eigenvalue weighted by atomic mass is 10.0. The average molecular weight is 351 g/mol. The van der Waals surface area contributed by atoms with Gasteiger partial charge in [-0.3, -0.25) is 4.79 Å². The molecule has 4 nitrogen and oxygen atoms in total. The number of carbonyl (C=O) groups excluding carboxylic acids is 1. The maximum absolute atomic E-state index is 12.9. The molecule has 1 aliphatic rings. The molecule has 25 heavy (non-hydrogen) atoms. The van der Waals surface area contributed by atoms with Crippen LogP contribution in [-0.2, 0) is 7.05 Å². The molecule has 1 fully saturated rings. The summed E-state index contributed by atoms with van der Waals surface area (Å²) in [5.74, 6) is 0.0516. The summed E-state index contributed by atoms with van der Waals surface area (Å²) in [5.41, 5.74) is 4.09. The summed E-state index contributed by atoms with van der Waals surface area (Å²) >= 11 is 1.50. The minimum Gasteiger partial charge on any atom is -0.348 e. The highest BCUT2D eigenvalue weighted by molar-refractivity contribution is 7.17. The van der Waals surface area contributed by atoms with Gasteiger partial charge in [0.15, 0.2) is 5.13 Å². The van der Waals surface area contributed by atoms with E-state index >= 15 is 0 Å². The first-order valence-electron chi connectivity index (χ1n) is 8.62. The minimum absolute atomic E-state index is 0.0516. The summed E-state index contributed by atoms with van der Waals surface area (Å²) in [6, 6.07) is 12.1. The van der Waals surface area contributed by atoms with Crippen LogP contribution in [0.3, 0.4) is 0 Å². The zero-order chi connectivity index (χ0) is 17.4. The maximum atomic E-state index is 12.9. The van der Waals surface area contributed by atoms with Crippen molar-refractivity contribution in [3.63, 3.8) is 0 Å². The second-order valence-electron chi connectivity index (χ2n) is 6.53. The van der Waals surface area contributed by atoms with Crippen molar-refractivity contribution < 1.29 is 4.79 Å². The number of hydrogen-bond acceptors (Lipinski definition) is 4. The quantitative estimate of drug-likeness (QED) is 0.658. The minimum atomic E-state index is 0.0516. The Kier molecular flexibility index (Phi) is 4.17. The Balaban J connectivity index is 1.62. The normalized spacial score (nSPS) is 14.2. The van der Waals surface area contributed by atoms with Crippen LogP contribution in [0.1, 0.15) is 33.8 Å². The lowest BCUT2D eigenvalue weighted by Gasteiger charge is -2.12. The zero-order valence-electron chi connectivity index (χ0n) is 14.5. The van der Waals surface area contributed by atoms with Crippen LogP contribution in [0, 0.1) is 6.92 Å². The van der Waals surface area contributed by atoms with E-state index in [0.29, 0.717) is 10.4 Å². The van der Waals surface area contributed by atoms with Crippen LogP contribution < -0.4 is 4.90 Å². The van der Waals surface area contributed by atoms with Gasteiger partial charge in [-0.05, 0) is 43.5 Å². The number of benzene rings is 1. The molecule has 4 rings (SSSR count). The molecule has 0 saturated carbocycles. The van der Waals surface area contributed by atoms with E-state index in [1.807, 2.05) is 31.3 Å². The Morgan fingerprint density at radius 3 is 2.68 bits per heavy atom. The van der Waals surface area contributed by atoms with Gasteiger partial charge in [-0.2, -0.15) is 0 Å². The SMILES string of the molecule is Cc1ccc(-c2cccc(C(=O)c3cnc(N4CCCC4)s3)c2)n1C. The third-order valence-electron chi connectivity index (χ3n) is 4.89. The van der Waals surface area contributed by atoms with Gasteiger partial charge >= 0.3 is 0 Å². The fraction of sp³-hybridized carbons (Fsp3) is 0.300. The van der Waals surface area contributed by atoms with Crippen molar-refractivity contribution in [2.24, 2.45) is 7.05 Å². The number of anilines is 1. The molecule has 0 unspecified atom stereocenters. The Bertz CT molecular complexity index is 919. The Hall–Kier alpha value is -2.40. The maximum Gasteiger partial charge on any atom is 0.204 e. The molecule has 0 N–H and O–H groups in total. The third kappa shape index (κ3) is 3.00. The van der Waals surface area contributed by atoms with E-state index in [-0.39, 0.29) is 5.78 Å². The molecule has 1 saturated heterocycles. The molecular formula is C20H21N3OS. The van der Waals surface area contributed by atoms with E-state index in [9.17, 15) is 4.79 Å². The first kappa shape index (κ1) is 16.1. The predicted molar refractivity (Wildman–Crippen MR) is 103 cm³/mol. The summed E-state index contributed by atoms with van der Waals surface area (Å²) in [5, 5.41) is 0.968.